The second-order valence-electron chi connectivity index (χ2n) is 6.38. The monoisotopic (exact) mass is 361 g/mol. The minimum atomic E-state index is 0.528. The molecule has 0 aliphatic heterocycles. The number of para-hydroxylation sites is 2. The summed E-state index contributed by atoms with van der Waals surface area (Å²) in [5, 5.41) is 3.52. The zero-order chi connectivity index (χ0) is 18.6. The Kier molecular flexibility index (Phi) is 7.77. The molecule has 0 fully saturated rings. The first-order valence-electron chi connectivity index (χ1n) is 9.55. The number of aryl methyl sites for hydroxylation is 1. The number of rotatable bonds is 11. The van der Waals surface area contributed by atoms with E-state index in [4.69, 9.17) is 9.47 Å². The van der Waals surface area contributed by atoms with Crippen molar-refractivity contribution in [3.63, 3.8) is 0 Å². The van der Waals surface area contributed by atoms with Crippen molar-refractivity contribution >= 4 is 0 Å². The van der Waals surface area contributed by atoms with Crippen molar-refractivity contribution in [3.8, 4) is 11.5 Å². The molecule has 27 heavy (non-hydrogen) atoms. The summed E-state index contributed by atoms with van der Waals surface area (Å²) in [7, 11) is 0. The molecule has 0 atom stereocenters. The van der Waals surface area contributed by atoms with Crippen LogP contribution in [0.2, 0.25) is 0 Å². The largest absolute Gasteiger partial charge is 0.490 e. The van der Waals surface area contributed by atoms with Crippen LogP contribution >= 0.6 is 0 Å². The van der Waals surface area contributed by atoms with Gasteiger partial charge in [0.05, 0.1) is 0 Å². The molecule has 0 heterocycles. The van der Waals surface area contributed by atoms with Gasteiger partial charge in [-0.3, -0.25) is 0 Å². The molecule has 0 aromatic heterocycles. The molecule has 0 bridgehead atoms. The lowest BCUT2D eigenvalue weighted by molar-refractivity contribution is 0.215. The van der Waals surface area contributed by atoms with Crippen molar-refractivity contribution in [2.75, 3.05) is 19.8 Å². The summed E-state index contributed by atoms with van der Waals surface area (Å²) in [5.74, 6) is 1.79. The first-order valence-corrected chi connectivity index (χ1v) is 9.55. The molecule has 140 valence electrons. The van der Waals surface area contributed by atoms with Gasteiger partial charge >= 0.3 is 0 Å². The average molecular weight is 361 g/mol. The van der Waals surface area contributed by atoms with E-state index in [9.17, 15) is 0 Å². The summed E-state index contributed by atoms with van der Waals surface area (Å²) in [4.78, 5) is 0. The fourth-order valence-corrected chi connectivity index (χ4v) is 2.90. The number of hydrogen-bond donors (Lipinski definition) is 1. The van der Waals surface area contributed by atoms with Gasteiger partial charge in [0.1, 0.15) is 24.7 Å². The smallest absolute Gasteiger partial charge is 0.123 e. The highest BCUT2D eigenvalue weighted by atomic mass is 16.5. The van der Waals surface area contributed by atoms with Crippen molar-refractivity contribution in [3.05, 3.63) is 96.1 Å². The lowest BCUT2D eigenvalue weighted by Crippen LogP contribution is -2.17. The van der Waals surface area contributed by atoms with Crippen LogP contribution in [0.3, 0.4) is 0 Å². The Bertz CT molecular complexity index is 775. The highest BCUT2D eigenvalue weighted by Gasteiger charge is 2.03. The zero-order valence-electron chi connectivity index (χ0n) is 15.6. The molecule has 0 saturated heterocycles. The lowest BCUT2D eigenvalue weighted by Gasteiger charge is -2.13. The van der Waals surface area contributed by atoms with Crippen molar-refractivity contribution in [2.24, 2.45) is 0 Å². The topological polar surface area (TPSA) is 30.5 Å². The second kappa shape index (κ2) is 11.0. The third-order valence-corrected chi connectivity index (χ3v) is 4.30. The van der Waals surface area contributed by atoms with Crippen LogP contribution < -0.4 is 14.8 Å². The van der Waals surface area contributed by atoms with E-state index in [1.165, 1.54) is 11.1 Å². The first kappa shape index (κ1) is 19.0. The van der Waals surface area contributed by atoms with E-state index in [1.54, 1.807) is 0 Å². The van der Waals surface area contributed by atoms with Gasteiger partial charge in [-0.25, -0.2) is 0 Å². The minimum absolute atomic E-state index is 0.528. The average Bonchev–Trinajstić information content (AvgIpc) is 2.73. The Morgan fingerprint density at radius 3 is 2.15 bits per heavy atom. The summed E-state index contributed by atoms with van der Waals surface area (Å²) in [6.45, 7) is 2.85. The molecular formula is C24H27NO2. The van der Waals surface area contributed by atoms with Crippen LogP contribution in [0.25, 0.3) is 0 Å². The standard InChI is InChI=1S/C24H27NO2/c1-3-10-21(11-4-1)12-9-17-25-20-22-13-7-8-16-24(22)27-19-18-26-23-14-5-2-6-15-23/h1-8,10-11,13-16,25H,9,12,17-20H2. The Morgan fingerprint density at radius 2 is 1.33 bits per heavy atom. The summed E-state index contributed by atoms with van der Waals surface area (Å²) in [5.41, 5.74) is 2.57. The lowest BCUT2D eigenvalue weighted by atomic mass is 10.1. The molecule has 3 aromatic carbocycles. The van der Waals surface area contributed by atoms with E-state index in [0.29, 0.717) is 13.2 Å². The van der Waals surface area contributed by atoms with Crippen LogP contribution in [0.15, 0.2) is 84.9 Å². The summed E-state index contributed by atoms with van der Waals surface area (Å²) in [6.07, 6.45) is 2.22. The van der Waals surface area contributed by atoms with Gasteiger partial charge in [-0.05, 0) is 43.1 Å². The molecule has 3 aromatic rings. The van der Waals surface area contributed by atoms with Crippen LogP contribution in [0, 0.1) is 0 Å². The first-order chi connectivity index (χ1) is 13.4. The molecule has 3 rings (SSSR count). The summed E-state index contributed by atoms with van der Waals surface area (Å²) < 4.78 is 11.6. The van der Waals surface area contributed by atoms with Crippen LogP contribution in [-0.4, -0.2) is 19.8 Å². The summed E-state index contributed by atoms with van der Waals surface area (Å²) >= 11 is 0. The highest BCUT2D eigenvalue weighted by molar-refractivity contribution is 5.33. The van der Waals surface area contributed by atoms with E-state index in [2.05, 4.69) is 41.7 Å². The maximum Gasteiger partial charge on any atom is 0.123 e. The molecule has 3 nitrogen and oxygen atoms in total. The van der Waals surface area contributed by atoms with Gasteiger partial charge in [-0.1, -0.05) is 66.7 Å². The molecular weight excluding hydrogens is 334 g/mol. The van der Waals surface area contributed by atoms with Crippen LogP contribution in [0.5, 0.6) is 11.5 Å². The van der Waals surface area contributed by atoms with E-state index < -0.39 is 0 Å². The Labute approximate surface area is 162 Å². The SMILES string of the molecule is c1ccc(CCCNCc2ccccc2OCCOc2ccccc2)cc1. The van der Waals surface area contributed by atoms with Crippen molar-refractivity contribution in [2.45, 2.75) is 19.4 Å². The molecule has 0 radical (unpaired) electrons. The van der Waals surface area contributed by atoms with Gasteiger partial charge in [0.2, 0.25) is 0 Å². The number of ether oxygens (including phenoxy) is 2. The van der Waals surface area contributed by atoms with E-state index in [1.807, 2.05) is 48.5 Å². The predicted octanol–water partition coefficient (Wildman–Crippen LogP) is 4.87. The molecule has 0 aliphatic rings. The maximum atomic E-state index is 5.92. The third-order valence-electron chi connectivity index (χ3n) is 4.30. The molecule has 0 unspecified atom stereocenters. The van der Waals surface area contributed by atoms with Crippen LogP contribution in [0.4, 0.5) is 0 Å². The Balaban J connectivity index is 1.36. The Morgan fingerprint density at radius 1 is 0.667 bits per heavy atom. The van der Waals surface area contributed by atoms with Crippen molar-refractivity contribution in [1.82, 2.24) is 5.32 Å². The van der Waals surface area contributed by atoms with E-state index >= 15 is 0 Å². The molecule has 0 amide bonds. The van der Waals surface area contributed by atoms with Gasteiger partial charge in [0.15, 0.2) is 0 Å². The van der Waals surface area contributed by atoms with Crippen LogP contribution in [-0.2, 0) is 13.0 Å². The van der Waals surface area contributed by atoms with Crippen molar-refractivity contribution in [1.29, 1.82) is 0 Å². The number of nitrogens with one attached hydrogen (secondary N) is 1. The fraction of sp³-hybridized carbons (Fsp3) is 0.250. The van der Waals surface area contributed by atoms with E-state index in [-0.39, 0.29) is 0 Å². The fourth-order valence-electron chi connectivity index (χ4n) is 2.90. The quantitative estimate of drug-likeness (QED) is 0.494. The number of hydrogen-bond acceptors (Lipinski definition) is 3. The Hall–Kier alpha value is -2.78. The minimum Gasteiger partial charge on any atom is -0.490 e. The van der Waals surface area contributed by atoms with Crippen LogP contribution in [0.1, 0.15) is 17.5 Å². The highest BCUT2D eigenvalue weighted by Crippen LogP contribution is 2.18. The molecule has 1 N–H and O–H groups in total. The molecule has 3 heteroatoms. The van der Waals surface area contributed by atoms with Gasteiger partial charge in [0, 0.05) is 12.1 Å². The van der Waals surface area contributed by atoms with E-state index in [0.717, 1.165) is 37.4 Å². The maximum absolute atomic E-state index is 5.92. The zero-order valence-corrected chi connectivity index (χ0v) is 15.6. The van der Waals surface area contributed by atoms with Gasteiger partial charge in [-0.15, -0.1) is 0 Å². The van der Waals surface area contributed by atoms with Gasteiger partial charge < -0.3 is 14.8 Å². The number of benzene rings is 3. The van der Waals surface area contributed by atoms with Gasteiger partial charge in [-0.2, -0.15) is 0 Å². The second-order valence-corrected chi connectivity index (χ2v) is 6.38. The normalized spacial score (nSPS) is 10.5. The predicted molar refractivity (Wildman–Crippen MR) is 110 cm³/mol. The summed E-state index contributed by atoms with van der Waals surface area (Å²) in [6, 6.07) is 28.6. The molecule has 0 spiro atoms. The van der Waals surface area contributed by atoms with Gasteiger partial charge in [0.25, 0.3) is 0 Å². The molecule has 0 aliphatic carbocycles. The van der Waals surface area contributed by atoms with Crippen molar-refractivity contribution < 1.29 is 9.47 Å². The third kappa shape index (κ3) is 6.80. The molecule has 0 saturated carbocycles.